The lowest BCUT2D eigenvalue weighted by molar-refractivity contribution is 0.0600. The Morgan fingerprint density at radius 3 is 2.42 bits per heavy atom. The number of methoxy groups -OCH3 is 1. The molecule has 0 unspecified atom stereocenters. The molecule has 0 radical (unpaired) electrons. The molecule has 0 aromatic heterocycles. The first-order chi connectivity index (χ1) is 12.2. The van der Waals surface area contributed by atoms with Gasteiger partial charge in [-0.15, -0.1) is 0 Å². The highest BCUT2D eigenvalue weighted by Gasteiger charge is 2.21. The zero-order valence-corrected chi connectivity index (χ0v) is 15.5. The van der Waals surface area contributed by atoms with Crippen molar-refractivity contribution >= 4 is 29.3 Å². The van der Waals surface area contributed by atoms with Crippen LogP contribution in [0.3, 0.4) is 0 Å². The summed E-state index contributed by atoms with van der Waals surface area (Å²) in [4.78, 5) is 23.8. The molecule has 0 aliphatic heterocycles. The fraction of sp³-hybridized carbons (Fsp3) is 0.263. The molecule has 2 aromatic carbocycles. The Balaban J connectivity index is 2.02. The lowest BCUT2D eigenvalue weighted by Gasteiger charge is -2.25. The Kier molecular flexibility index (Phi) is 6.21. The standard InChI is InChI=1S/C19H20ClFN2O3/c1-19(2,13-5-7-14(21)8-6-13)11-22-18(25)23-16-10-12(17(24)26-3)4-9-15(16)20/h4-10H,11H2,1-3H3,(H2,22,23,25). The quantitative estimate of drug-likeness (QED) is 0.759. The van der Waals surface area contributed by atoms with Crippen molar-refractivity contribution in [3.63, 3.8) is 0 Å². The van der Waals surface area contributed by atoms with Gasteiger partial charge in [-0.25, -0.2) is 14.0 Å². The fourth-order valence-electron chi connectivity index (χ4n) is 2.34. The predicted molar refractivity (Wildman–Crippen MR) is 99.2 cm³/mol. The van der Waals surface area contributed by atoms with E-state index in [0.717, 1.165) is 5.56 Å². The van der Waals surface area contributed by atoms with Crippen molar-refractivity contribution in [1.82, 2.24) is 5.32 Å². The van der Waals surface area contributed by atoms with E-state index in [1.165, 1.54) is 37.4 Å². The van der Waals surface area contributed by atoms with Gasteiger partial charge in [-0.3, -0.25) is 0 Å². The number of benzene rings is 2. The minimum absolute atomic E-state index is 0.277. The van der Waals surface area contributed by atoms with Crippen molar-refractivity contribution in [2.45, 2.75) is 19.3 Å². The summed E-state index contributed by atoms with van der Waals surface area (Å²) in [6.45, 7) is 4.19. The van der Waals surface area contributed by atoms with Crippen molar-refractivity contribution < 1.29 is 18.7 Å². The van der Waals surface area contributed by atoms with Crippen LogP contribution in [-0.2, 0) is 10.2 Å². The molecule has 0 spiro atoms. The summed E-state index contributed by atoms with van der Waals surface area (Å²) in [6.07, 6.45) is 0. The summed E-state index contributed by atoms with van der Waals surface area (Å²) in [6, 6.07) is 10.1. The summed E-state index contributed by atoms with van der Waals surface area (Å²) in [5.74, 6) is -0.835. The van der Waals surface area contributed by atoms with Crippen LogP contribution in [-0.4, -0.2) is 25.7 Å². The number of anilines is 1. The predicted octanol–water partition coefficient (Wildman–Crippen LogP) is 4.37. The van der Waals surface area contributed by atoms with Crippen molar-refractivity contribution in [2.75, 3.05) is 19.0 Å². The van der Waals surface area contributed by atoms with Gasteiger partial charge in [0.15, 0.2) is 0 Å². The number of nitrogens with one attached hydrogen (secondary N) is 2. The molecule has 0 bridgehead atoms. The van der Waals surface area contributed by atoms with Gasteiger partial charge in [0, 0.05) is 12.0 Å². The number of ether oxygens (including phenoxy) is 1. The first kappa shape index (κ1) is 19.7. The molecule has 2 rings (SSSR count). The molecule has 0 atom stereocenters. The zero-order chi connectivity index (χ0) is 19.3. The van der Waals surface area contributed by atoms with Crippen molar-refractivity contribution in [2.24, 2.45) is 0 Å². The lowest BCUT2D eigenvalue weighted by Crippen LogP contribution is -2.39. The first-order valence-corrected chi connectivity index (χ1v) is 8.29. The summed E-state index contributed by atoms with van der Waals surface area (Å²) in [7, 11) is 1.27. The van der Waals surface area contributed by atoms with Crippen molar-refractivity contribution in [1.29, 1.82) is 0 Å². The second-order valence-corrected chi connectivity index (χ2v) is 6.79. The van der Waals surface area contributed by atoms with E-state index in [9.17, 15) is 14.0 Å². The van der Waals surface area contributed by atoms with E-state index in [2.05, 4.69) is 15.4 Å². The van der Waals surface area contributed by atoms with Gasteiger partial charge in [0.05, 0.1) is 23.4 Å². The number of esters is 1. The molecule has 0 aliphatic carbocycles. The molecule has 26 heavy (non-hydrogen) atoms. The van der Waals surface area contributed by atoms with E-state index in [1.54, 1.807) is 12.1 Å². The molecular formula is C19H20ClFN2O3. The van der Waals surface area contributed by atoms with Gasteiger partial charge < -0.3 is 15.4 Å². The number of urea groups is 1. The fourth-order valence-corrected chi connectivity index (χ4v) is 2.50. The Hall–Kier alpha value is -2.60. The third-order valence-corrected chi connectivity index (χ3v) is 4.28. The number of amides is 2. The van der Waals surface area contributed by atoms with Crippen LogP contribution < -0.4 is 10.6 Å². The Labute approximate surface area is 156 Å². The molecule has 0 fully saturated rings. The molecule has 5 nitrogen and oxygen atoms in total. The maximum Gasteiger partial charge on any atom is 0.337 e. The van der Waals surface area contributed by atoms with Crippen LogP contribution in [0.25, 0.3) is 0 Å². The maximum absolute atomic E-state index is 13.1. The molecule has 2 aromatic rings. The topological polar surface area (TPSA) is 67.4 Å². The van der Waals surface area contributed by atoms with Gasteiger partial charge in [-0.1, -0.05) is 37.6 Å². The Bertz CT molecular complexity index is 807. The molecule has 0 heterocycles. The van der Waals surface area contributed by atoms with E-state index in [0.29, 0.717) is 17.3 Å². The van der Waals surface area contributed by atoms with Gasteiger partial charge >= 0.3 is 12.0 Å². The number of hydrogen-bond donors (Lipinski definition) is 2. The van der Waals surface area contributed by atoms with Gasteiger partial charge in [0.2, 0.25) is 0 Å². The van der Waals surface area contributed by atoms with Gasteiger partial charge in [0.1, 0.15) is 5.82 Å². The normalized spacial score (nSPS) is 11.0. The van der Waals surface area contributed by atoms with Crippen molar-refractivity contribution in [3.8, 4) is 0 Å². The van der Waals surface area contributed by atoms with E-state index in [4.69, 9.17) is 11.6 Å². The van der Waals surface area contributed by atoms with Crippen LogP contribution in [0.4, 0.5) is 14.9 Å². The Morgan fingerprint density at radius 1 is 1.15 bits per heavy atom. The van der Waals surface area contributed by atoms with Gasteiger partial charge in [0.25, 0.3) is 0 Å². The second kappa shape index (κ2) is 8.19. The number of carbonyl (C=O) groups is 2. The summed E-state index contributed by atoms with van der Waals surface area (Å²) in [5.41, 5.74) is 1.07. The van der Waals surface area contributed by atoms with Gasteiger partial charge in [-0.2, -0.15) is 0 Å². The summed E-state index contributed by atoms with van der Waals surface area (Å²) < 4.78 is 17.7. The van der Waals surface area contributed by atoms with Crippen LogP contribution in [0, 0.1) is 5.82 Å². The van der Waals surface area contributed by atoms with Crippen LogP contribution in [0.2, 0.25) is 5.02 Å². The number of hydrogen-bond acceptors (Lipinski definition) is 3. The van der Waals surface area contributed by atoms with Crippen LogP contribution >= 0.6 is 11.6 Å². The first-order valence-electron chi connectivity index (χ1n) is 7.92. The molecule has 2 amide bonds. The molecule has 2 N–H and O–H groups in total. The second-order valence-electron chi connectivity index (χ2n) is 6.38. The van der Waals surface area contributed by atoms with Gasteiger partial charge in [-0.05, 0) is 35.9 Å². The smallest absolute Gasteiger partial charge is 0.337 e. The number of halogens is 2. The third-order valence-electron chi connectivity index (χ3n) is 3.95. The largest absolute Gasteiger partial charge is 0.465 e. The van der Waals surface area contributed by atoms with Crippen molar-refractivity contribution in [3.05, 3.63) is 64.4 Å². The average molecular weight is 379 g/mol. The minimum atomic E-state index is -0.525. The summed E-state index contributed by atoms with van der Waals surface area (Å²) >= 11 is 6.06. The molecular weight excluding hydrogens is 359 g/mol. The molecule has 138 valence electrons. The Morgan fingerprint density at radius 2 is 1.81 bits per heavy atom. The van der Waals surface area contributed by atoms with Crippen LogP contribution in [0.5, 0.6) is 0 Å². The number of carbonyl (C=O) groups excluding carboxylic acids is 2. The number of rotatable bonds is 5. The third kappa shape index (κ3) is 4.95. The molecule has 7 heteroatoms. The molecule has 0 aliphatic rings. The SMILES string of the molecule is COC(=O)c1ccc(Cl)c(NC(=O)NCC(C)(C)c2ccc(F)cc2)c1. The highest BCUT2D eigenvalue weighted by molar-refractivity contribution is 6.33. The zero-order valence-electron chi connectivity index (χ0n) is 14.7. The molecule has 0 saturated heterocycles. The van der Waals surface area contributed by atoms with E-state index < -0.39 is 17.4 Å². The maximum atomic E-state index is 13.1. The minimum Gasteiger partial charge on any atom is -0.465 e. The average Bonchev–Trinajstić information content (AvgIpc) is 2.61. The monoisotopic (exact) mass is 378 g/mol. The summed E-state index contributed by atoms with van der Waals surface area (Å²) in [5, 5.41) is 5.67. The van der Waals surface area contributed by atoms with E-state index in [-0.39, 0.29) is 11.4 Å². The van der Waals surface area contributed by atoms with E-state index >= 15 is 0 Å². The van der Waals surface area contributed by atoms with Crippen LogP contribution in [0.15, 0.2) is 42.5 Å². The molecule has 0 saturated carbocycles. The highest BCUT2D eigenvalue weighted by atomic mass is 35.5. The lowest BCUT2D eigenvalue weighted by atomic mass is 9.84. The van der Waals surface area contributed by atoms with Crippen LogP contribution in [0.1, 0.15) is 29.8 Å². The highest BCUT2D eigenvalue weighted by Crippen LogP contribution is 2.24. The van der Waals surface area contributed by atoms with E-state index in [1.807, 2.05) is 13.8 Å².